The Kier molecular flexibility index (Phi) is 8.05. The van der Waals surface area contributed by atoms with Gasteiger partial charge in [0.25, 0.3) is 0 Å². The van der Waals surface area contributed by atoms with Crippen molar-refractivity contribution in [3.63, 3.8) is 0 Å². The van der Waals surface area contributed by atoms with Crippen molar-refractivity contribution in [1.29, 1.82) is 5.41 Å². The maximum absolute atomic E-state index is 11.8. The topological polar surface area (TPSA) is 101 Å². The minimum absolute atomic E-state index is 0.00280. The predicted octanol–water partition coefficient (Wildman–Crippen LogP) is 2.90. The first-order valence-corrected chi connectivity index (χ1v) is 10.1. The molecule has 3 N–H and O–H groups in total. The minimum Gasteiger partial charge on any atom is -0.403 e. The van der Waals surface area contributed by atoms with Gasteiger partial charge < -0.3 is 19.9 Å². The lowest BCUT2D eigenvalue weighted by Gasteiger charge is -2.46. The van der Waals surface area contributed by atoms with E-state index < -0.39 is 0 Å². The molecular formula is C20H38BN3O4. The van der Waals surface area contributed by atoms with Gasteiger partial charge in [0.05, 0.1) is 16.7 Å². The Balaban J connectivity index is 0.00000122. The number of hydrogen-bond donors (Lipinski definition) is 3. The van der Waals surface area contributed by atoms with E-state index in [2.05, 4.69) is 59.1 Å². The molecule has 2 saturated heterocycles. The van der Waals surface area contributed by atoms with E-state index >= 15 is 0 Å². The molecule has 2 atom stereocenters. The highest BCUT2D eigenvalue weighted by Gasteiger charge is 2.52. The van der Waals surface area contributed by atoms with Crippen LogP contribution in [0.5, 0.6) is 0 Å². The average molecular weight is 395 g/mol. The predicted molar refractivity (Wildman–Crippen MR) is 111 cm³/mol. The summed E-state index contributed by atoms with van der Waals surface area (Å²) < 4.78 is 12.2. The molecule has 1 amide bonds. The average Bonchev–Trinajstić information content (AvgIpc) is 2.98. The van der Waals surface area contributed by atoms with Gasteiger partial charge in [0.1, 0.15) is 0 Å². The third-order valence-corrected chi connectivity index (χ3v) is 6.52. The first-order chi connectivity index (χ1) is 12.7. The van der Waals surface area contributed by atoms with Crippen LogP contribution in [-0.2, 0) is 18.9 Å². The Labute approximate surface area is 170 Å². The van der Waals surface area contributed by atoms with Crippen molar-refractivity contribution in [2.45, 2.75) is 91.3 Å². The van der Waals surface area contributed by atoms with Crippen LogP contribution in [0, 0.1) is 16.7 Å². The first kappa shape index (κ1) is 24.8. The summed E-state index contributed by atoms with van der Waals surface area (Å²) in [7, 11) is -0.135. The smallest absolute Gasteiger partial charge is 0.403 e. The molecule has 0 aliphatic carbocycles. The van der Waals surface area contributed by atoms with Gasteiger partial charge in [-0.3, -0.25) is 4.79 Å². The van der Waals surface area contributed by atoms with Crippen molar-refractivity contribution in [1.82, 2.24) is 10.6 Å². The molecule has 0 saturated carbocycles. The fourth-order valence-electron chi connectivity index (χ4n) is 4.25. The first-order valence-electron chi connectivity index (χ1n) is 10.1. The van der Waals surface area contributed by atoms with Gasteiger partial charge in [0.2, 0.25) is 12.0 Å². The molecule has 8 heteroatoms. The van der Waals surface area contributed by atoms with E-state index in [0.717, 1.165) is 38.3 Å². The molecule has 0 spiro atoms. The highest BCUT2D eigenvalue weighted by Crippen LogP contribution is 2.42. The van der Waals surface area contributed by atoms with Crippen LogP contribution in [-0.4, -0.2) is 48.9 Å². The van der Waals surface area contributed by atoms with Gasteiger partial charge in [-0.2, -0.15) is 0 Å². The molecule has 0 bridgehead atoms. The molecule has 2 aliphatic rings. The van der Waals surface area contributed by atoms with Gasteiger partial charge >= 0.3 is 7.12 Å². The van der Waals surface area contributed by atoms with Gasteiger partial charge in [-0.1, -0.05) is 27.2 Å². The summed E-state index contributed by atoms with van der Waals surface area (Å²) in [5, 5.41) is 12.2. The minimum atomic E-state index is -0.266. The summed E-state index contributed by atoms with van der Waals surface area (Å²) >= 11 is 0. The zero-order valence-electron chi connectivity index (χ0n) is 18.8. The molecule has 2 rings (SSSR count). The monoisotopic (exact) mass is 395 g/mol. The normalized spacial score (nSPS) is 28.3. The van der Waals surface area contributed by atoms with Crippen molar-refractivity contribution in [3.05, 3.63) is 0 Å². The number of isocyanates is 1. The van der Waals surface area contributed by atoms with Crippen LogP contribution < -0.4 is 10.6 Å². The maximum Gasteiger partial charge on any atom is 0.457 e. The lowest BCUT2D eigenvalue weighted by Crippen LogP contribution is -2.61. The van der Waals surface area contributed by atoms with E-state index in [0.29, 0.717) is 5.92 Å². The molecule has 160 valence electrons. The summed E-state index contributed by atoms with van der Waals surface area (Å²) in [6.45, 7) is 18.4. The van der Waals surface area contributed by atoms with E-state index in [1.807, 2.05) is 0 Å². The zero-order valence-corrected chi connectivity index (χ0v) is 18.8. The van der Waals surface area contributed by atoms with E-state index in [1.165, 1.54) is 0 Å². The molecular weight excluding hydrogens is 357 g/mol. The Morgan fingerprint density at radius 1 is 1.25 bits per heavy atom. The summed E-state index contributed by atoms with van der Waals surface area (Å²) in [4.78, 5) is 20.2. The molecule has 1 unspecified atom stereocenters. The lowest BCUT2D eigenvalue weighted by atomic mass is 9.65. The molecule has 0 aromatic rings. The zero-order chi connectivity index (χ0) is 21.8. The Morgan fingerprint density at radius 3 is 2.18 bits per heavy atom. The molecule has 7 nitrogen and oxygen atoms in total. The van der Waals surface area contributed by atoms with Crippen molar-refractivity contribution < 1.29 is 18.9 Å². The molecule has 2 heterocycles. The molecule has 0 radical (unpaired) electrons. The van der Waals surface area contributed by atoms with Gasteiger partial charge in [-0.25, -0.2) is 10.2 Å². The number of hydrogen-bond acceptors (Lipinski definition) is 6. The van der Waals surface area contributed by atoms with Crippen LogP contribution in [0.2, 0.25) is 6.32 Å². The standard InChI is InChI=1S/C19H37BN2O3.CHNO/c1-14(23)22-19(16(2,3)4)13-21-12-15(19)10-9-11-20-24-17(5,6)18(7,8)25-20;2-1-3/h15,21H,9-13H2,1-8H3,(H,22,23);2H/t15?,19-;/m0./s1. The van der Waals surface area contributed by atoms with Crippen LogP contribution in [0.25, 0.3) is 0 Å². The fraction of sp³-hybridized carbons (Fsp3) is 0.900. The second kappa shape index (κ2) is 9.08. The Bertz CT molecular complexity index is 566. The van der Waals surface area contributed by atoms with Crippen molar-refractivity contribution >= 4 is 19.1 Å². The lowest BCUT2D eigenvalue weighted by molar-refractivity contribution is -0.123. The highest BCUT2D eigenvalue weighted by molar-refractivity contribution is 6.45. The fourth-order valence-corrected chi connectivity index (χ4v) is 4.25. The molecule has 28 heavy (non-hydrogen) atoms. The van der Waals surface area contributed by atoms with Crippen molar-refractivity contribution in [3.8, 4) is 0 Å². The second-order valence-electron chi connectivity index (χ2n) is 9.95. The summed E-state index contributed by atoms with van der Waals surface area (Å²) in [5.74, 6) is 0.466. The van der Waals surface area contributed by atoms with Gasteiger partial charge in [-0.15, -0.1) is 0 Å². The summed E-state index contributed by atoms with van der Waals surface area (Å²) in [6.07, 6.45) is 3.72. The van der Waals surface area contributed by atoms with E-state index in [1.54, 1.807) is 6.92 Å². The highest BCUT2D eigenvalue weighted by atomic mass is 16.7. The van der Waals surface area contributed by atoms with Gasteiger partial charge in [-0.05, 0) is 51.8 Å². The van der Waals surface area contributed by atoms with Crippen LogP contribution in [0.15, 0.2) is 0 Å². The Hall–Kier alpha value is -1.21. The van der Waals surface area contributed by atoms with E-state index in [9.17, 15) is 4.79 Å². The van der Waals surface area contributed by atoms with Crippen LogP contribution >= 0.6 is 0 Å². The number of nitrogens with one attached hydrogen (secondary N) is 3. The van der Waals surface area contributed by atoms with Gasteiger partial charge in [0.15, 0.2) is 0 Å². The second-order valence-corrected chi connectivity index (χ2v) is 9.95. The van der Waals surface area contributed by atoms with E-state index in [-0.39, 0.29) is 35.2 Å². The molecule has 2 aliphatic heterocycles. The van der Waals surface area contributed by atoms with Gasteiger partial charge in [0, 0.05) is 20.0 Å². The van der Waals surface area contributed by atoms with Crippen LogP contribution in [0.3, 0.4) is 0 Å². The van der Waals surface area contributed by atoms with Crippen LogP contribution in [0.4, 0.5) is 0 Å². The molecule has 2 fully saturated rings. The third-order valence-electron chi connectivity index (χ3n) is 6.52. The van der Waals surface area contributed by atoms with Crippen molar-refractivity contribution in [2.24, 2.45) is 11.3 Å². The van der Waals surface area contributed by atoms with Crippen molar-refractivity contribution in [2.75, 3.05) is 13.1 Å². The van der Waals surface area contributed by atoms with E-state index in [4.69, 9.17) is 19.5 Å². The third kappa shape index (κ3) is 5.44. The number of carbonyl (C=O) groups excluding carboxylic acids is 2. The van der Waals surface area contributed by atoms with Crippen LogP contribution in [0.1, 0.15) is 68.2 Å². The Morgan fingerprint density at radius 2 is 1.75 bits per heavy atom. The quantitative estimate of drug-likeness (QED) is 0.378. The summed E-state index contributed by atoms with van der Waals surface area (Å²) in [5.41, 5.74) is -0.734. The largest absolute Gasteiger partial charge is 0.457 e. The number of rotatable bonds is 5. The SMILES string of the molecule is CC(=O)N[C@@]1(C(C)(C)C)CNCC1CCCB1OC(C)(C)C(C)(C)O1.N=C=O. The molecule has 0 aromatic carbocycles. The number of amides is 1. The molecule has 0 aromatic heterocycles. The maximum atomic E-state index is 11.8. The number of carbonyl (C=O) groups is 1. The summed E-state index contributed by atoms with van der Waals surface area (Å²) in [6, 6.07) is 0.